The molecule has 1 aliphatic heterocycles. The van der Waals surface area contributed by atoms with Gasteiger partial charge in [-0.2, -0.15) is 0 Å². The van der Waals surface area contributed by atoms with Crippen molar-refractivity contribution in [1.82, 2.24) is 25.5 Å². The highest BCUT2D eigenvalue weighted by molar-refractivity contribution is 7.99. The van der Waals surface area contributed by atoms with Gasteiger partial charge in [0.05, 0.1) is 0 Å². The Morgan fingerprint density at radius 2 is 2.24 bits per heavy atom. The molecule has 0 aliphatic carbocycles. The molecule has 1 aromatic carbocycles. The molecule has 0 atom stereocenters. The molecule has 0 radical (unpaired) electrons. The van der Waals surface area contributed by atoms with Gasteiger partial charge in [-0.3, -0.25) is 0 Å². The number of fused-ring (bicyclic) bond motifs is 1. The Morgan fingerprint density at radius 1 is 1.33 bits per heavy atom. The van der Waals surface area contributed by atoms with Crippen molar-refractivity contribution in [2.75, 3.05) is 19.1 Å². The lowest BCUT2D eigenvalue weighted by Gasteiger charge is -2.05. The van der Waals surface area contributed by atoms with E-state index in [1.807, 2.05) is 19.2 Å². The lowest BCUT2D eigenvalue weighted by atomic mass is 10.2. The number of aryl methyl sites for hydroxylation is 1. The number of nitrogens with zero attached hydrogens (tertiary/aromatic N) is 4. The number of tetrazole rings is 1. The summed E-state index contributed by atoms with van der Waals surface area (Å²) in [6.07, 6.45) is 1.06. The van der Waals surface area contributed by atoms with Gasteiger partial charge in [0, 0.05) is 19.3 Å². The van der Waals surface area contributed by atoms with E-state index >= 15 is 0 Å². The van der Waals surface area contributed by atoms with Gasteiger partial charge in [-0.15, -0.1) is 5.10 Å². The normalized spacial score (nSPS) is 12.8. The molecule has 1 aliphatic rings. The van der Waals surface area contributed by atoms with Crippen molar-refractivity contribution in [2.45, 2.75) is 18.1 Å². The van der Waals surface area contributed by atoms with E-state index in [1.54, 1.807) is 16.4 Å². The maximum absolute atomic E-state index is 5.36. The topological polar surface area (TPSA) is 74.1 Å². The minimum absolute atomic E-state index is 0.320. The molecule has 3 rings (SSSR count). The van der Waals surface area contributed by atoms with Gasteiger partial charge in [0.1, 0.15) is 0 Å². The zero-order valence-corrected chi connectivity index (χ0v) is 12.6. The van der Waals surface area contributed by atoms with E-state index in [-0.39, 0.29) is 0 Å². The molecule has 0 bridgehead atoms. The van der Waals surface area contributed by atoms with Crippen molar-refractivity contribution in [2.24, 2.45) is 7.05 Å². The number of aromatic nitrogens is 4. The molecular weight excluding hydrogens is 290 g/mol. The zero-order chi connectivity index (χ0) is 14.5. The van der Waals surface area contributed by atoms with Crippen molar-refractivity contribution in [3.05, 3.63) is 23.8 Å². The summed E-state index contributed by atoms with van der Waals surface area (Å²) < 4.78 is 12.3. The number of thioether (sulfide) groups is 1. The van der Waals surface area contributed by atoms with Gasteiger partial charge in [0.25, 0.3) is 0 Å². The third-order valence-electron chi connectivity index (χ3n) is 3.08. The molecule has 8 heteroatoms. The first kappa shape index (κ1) is 14.2. The molecule has 7 nitrogen and oxygen atoms in total. The molecular formula is C13H17N5O2S. The van der Waals surface area contributed by atoms with E-state index in [0.29, 0.717) is 6.79 Å². The summed E-state index contributed by atoms with van der Waals surface area (Å²) >= 11 is 1.67. The van der Waals surface area contributed by atoms with E-state index < -0.39 is 0 Å². The first-order chi connectivity index (χ1) is 10.3. The van der Waals surface area contributed by atoms with Gasteiger partial charge in [-0.05, 0) is 41.1 Å². The molecule has 1 aromatic heterocycles. The van der Waals surface area contributed by atoms with E-state index in [1.165, 1.54) is 5.56 Å². The summed E-state index contributed by atoms with van der Waals surface area (Å²) in [6.45, 7) is 2.10. The van der Waals surface area contributed by atoms with Crippen LogP contribution in [0, 0.1) is 0 Å². The second-order valence-corrected chi connectivity index (χ2v) is 5.71. The van der Waals surface area contributed by atoms with Crippen LogP contribution in [-0.4, -0.2) is 39.3 Å². The van der Waals surface area contributed by atoms with E-state index in [2.05, 4.69) is 26.9 Å². The van der Waals surface area contributed by atoms with Crippen LogP contribution in [0.5, 0.6) is 11.5 Å². The van der Waals surface area contributed by atoms with Gasteiger partial charge in [0.2, 0.25) is 11.9 Å². The van der Waals surface area contributed by atoms with Crippen LogP contribution < -0.4 is 14.8 Å². The first-order valence-corrected chi connectivity index (χ1v) is 7.76. The average molecular weight is 307 g/mol. The number of hydrogen-bond acceptors (Lipinski definition) is 7. The van der Waals surface area contributed by atoms with Gasteiger partial charge < -0.3 is 14.8 Å². The van der Waals surface area contributed by atoms with Crippen molar-refractivity contribution in [1.29, 1.82) is 0 Å². The van der Waals surface area contributed by atoms with E-state index in [9.17, 15) is 0 Å². The summed E-state index contributed by atoms with van der Waals surface area (Å²) in [7, 11) is 1.85. The van der Waals surface area contributed by atoms with Gasteiger partial charge in [-0.1, -0.05) is 17.8 Å². The minimum atomic E-state index is 0.320. The summed E-state index contributed by atoms with van der Waals surface area (Å²) in [5.41, 5.74) is 1.20. The number of rotatable bonds is 7. The standard InChI is InChI=1S/C13H17N5O2S/c1-18-13(15-16-17-18)21-6-2-5-14-8-10-3-4-11-12(7-10)20-9-19-11/h3-4,7,14H,2,5-6,8-9H2,1H3. The summed E-state index contributed by atoms with van der Waals surface area (Å²) in [4.78, 5) is 0. The van der Waals surface area contributed by atoms with Crippen LogP contribution >= 0.6 is 11.8 Å². The number of benzene rings is 1. The SMILES string of the molecule is Cn1nnnc1SCCCNCc1ccc2c(c1)OCO2. The zero-order valence-electron chi connectivity index (χ0n) is 11.8. The Hall–Kier alpha value is -1.80. The van der Waals surface area contributed by atoms with Crippen molar-refractivity contribution >= 4 is 11.8 Å². The smallest absolute Gasteiger partial charge is 0.231 e. The molecule has 112 valence electrons. The average Bonchev–Trinajstić information content (AvgIpc) is 3.11. The third-order valence-corrected chi connectivity index (χ3v) is 4.17. The van der Waals surface area contributed by atoms with Crippen LogP contribution in [0.15, 0.2) is 23.4 Å². The summed E-state index contributed by atoms with van der Waals surface area (Å²) in [5.74, 6) is 2.65. The lowest BCUT2D eigenvalue weighted by Crippen LogP contribution is -2.15. The Bertz CT molecular complexity index is 604. The lowest BCUT2D eigenvalue weighted by molar-refractivity contribution is 0.174. The number of hydrogen-bond donors (Lipinski definition) is 1. The predicted molar refractivity (Wildman–Crippen MR) is 78.4 cm³/mol. The molecule has 2 heterocycles. The monoisotopic (exact) mass is 307 g/mol. The van der Waals surface area contributed by atoms with Gasteiger partial charge >= 0.3 is 0 Å². The second-order valence-electron chi connectivity index (χ2n) is 4.65. The highest BCUT2D eigenvalue weighted by Gasteiger charge is 2.12. The Morgan fingerprint density at radius 3 is 3.10 bits per heavy atom. The molecule has 0 amide bonds. The fourth-order valence-corrected chi connectivity index (χ4v) is 2.78. The van der Waals surface area contributed by atoms with Crippen LogP contribution in [-0.2, 0) is 13.6 Å². The predicted octanol–water partition coefficient (Wildman–Crippen LogP) is 1.21. The van der Waals surface area contributed by atoms with Crippen LogP contribution in [0.1, 0.15) is 12.0 Å². The maximum Gasteiger partial charge on any atom is 0.231 e. The van der Waals surface area contributed by atoms with E-state index in [4.69, 9.17) is 9.47 Å². The van der Waals surface area contributed by atoms with Crippen LogP contribution in [0.25, 0.3) is 0 Å². The summed E-state index contributed by atoms with van der Waals surface area (Å²) in [5, 5.41) is 15.6. The third kappa shape index (κ3) is 3.64. The van der Waals surface area contributed by atoms with E-state index in [0.717, 1.165) is 41.9 Å². The van der Waals surface area contributed by atoms with Crippen molar-refractivity contribution in [3.63, 3.8) is 0 Å². The summed E-state index contributed by atoms with van der Waals surface area (Å²) in [6, 6.07) is 6.03. The largest absolute Gasteiger partial charge is 0.454 e. The first-order valence-electron chi connectivity index (χ1n) is 6.77. The van der Waals surface area contributed by atoms with Gasteiger partial charge in [0.15, 0.2) is 11.5 Å². The quantitative estimate of drug-likeness (QED) is 0.609. The van der Waals surface area contributed by atoms with Crippen LogP contribution in [0.3, 0.4) is 0 Å². The fourth-order valence-electron chi connectivity index (χ4n) is 1.99. The Labute approximate surface area is 127 Å². The molecule has 0 spiro atoms. The highest BCUT2D eigenvalue weighted by atomic mass is 32.2. The molecule has 0 fully saturated rings. The van der Waals surface area contributed by atoms with Crippen LogP contribution in [0.2, 0.25) is 0 Å². The highest BCUT2D eigenvalue weighted by Crippen LogP contribution is 2.32. The number of ether oxygens (including phenoxy) is 2. The minimum Gasteiger partial charge on any atom is -0.454 e. The molecule has 0 saturated heterocycles. The van der Waals surface area contributed by atoms with Crippen molar-refractivity contribution < 1.29 is 9.47 Å². The molecule has 0 unspecified atom stereocenters. The fraction of sp³-hybridized carbons (Fsp3) is 0.462. The Kier molecular flexibility index (Phi) is 4.56. The van der Waals surface area contributed by atoms with Crippen LogP contribution in [0.4, 0.5) is 0 Å². The van der Waals surface area contributed by atoms with Crippen molar-refractivity contribution in [3.8, 4) is 11.5 Å². The molecule has 2 aromatic rings. The molecule has 0 saturated carbocycles. The Balaban J connectivity index is 1.34. The number of nitrogens with one attached hydrogen (secondary N) is 1. The molecule has 21 heavy (non-hydrogen) atoms. The molecule has 1 N–H and O–H groups in total. The maximum atomic E-state index is 5.36. The van der Waals surface area contributed by atoms with Gasteiger partial charge in [-0.25, -0.2) is 4.68 Å². The second kappa shape index (κ2) is 6.77.